The van der Waals surface area contributed by atoms with Crippen LogP contribution in [0.25, 0.3) is 32.8 Å². The Hall–Kier alpha value is -3.08. The lowest BCUT2D eigenvalue weighted by atomic mass is 10.1. The van der Waals surface area contributed by atoms with Gasteiger partial charge in [-0.1, -0.05) is 18.2 Å². The molecule has 0 bridgehead atoms. The van der Waals surface area contributed by atoms with Crippen molar-refractivity contribution in [1.82, 2.24) is 9.55 Å². The lowest BCUT2D eigenvalue weighted by Gasteiger charge is -2.09. The van der Waals surface area contributed by atoms with Crippen LogP contribution in [-0.4, -0.2) is 15.5 Å². The highest BCUT2D eigenvalue weighted by Crippen LogP contribution is 2.26. The zero-order valence-electron chi connectivity index (χ0n) is 12.8. The van der Waals surface area contributed by atoms with Gasteiger partial charge >= 0.3 is 0 Å². The van der Waals surface area contributed by atoms with Crippen LogP contribution < -0.4 is 10.7 Å². The molecule has 0 radical (unpaired) electrons. The fraction of sp³-hybridized carbons (Fsp3) is 0.111. The minimum absolute atomic E-state index is 0.0299. The number of amides is 1. The molecule has 0 saturated carbocycles. The second-order valence-corrected chi connectivity index (χ2v) is 5.70. The van der Waals surface area contributed by atoms with E-state index in [0.29, 0.717) is 16.5 Å². The van der Waals surface area contributed by atoms with E-state index in [1.54, 1.807) is 12.1 Å². The summed E-state index contributed by atoms with van der Waals surface area (Å²) in [4.78, 5) is 27.6. The molecule has 4 aromatic rings. The fourth-order valence-electron chi connectivity index (χ4n) is 3.16. The Morgan fingerprint density at radius 1 is 1.13 bits per heavy atom. The quantitative estimate of drug-likeness (QED) is 0.567. The number of pyridine rings is 1. The van der Waals surface area contributed by atoms with Gasteiger partial charge in [0.1, 0.15) is 5.65 Å². The molecule has 0 aliphatic rings. The minimum Gasteiger partial charge on any atom is -0.340 e. The summed E-state index contributed by atoms with van der Waals surface area (Å²) in [6, 6.07) is 13.2. The summed E-state index contributed by atoms with van der Waals surface area (Å²) in [5.74, 6) is -0.158. The van der Waals surface area contributed by atoms with E-state index in [9.17, 15) is 9.59 Å². The van der Waals surface area contributed by atoms with E-state index >= 15 is 0 Å². The van der Waals surface area contributed by atoms with Gasteiger partial charge in [-0.15, -0.1) is 0 Å². The number of carbonyl (C=O) groups excluding carboxylic acids is 1. The minimum atomic E-state index is -0.158. The van der Waals surface area contributed by atoms with Crippen LogP contribution in [0, 0.1) is 0 Å². The van der Waals surface area contributed by atoms with Gasteiger partial charge in [-0.2, -0.15) is 0 Å². The second kappa shape index (κ2) is 4.71. The number of rotatable bonds is 1. The average Bonchev–Trinajstić information content (AvgIpc) is 2.92. The number of hydrogen-bond acceptors (Lipinski definition) is 2. The van der Waals surface area contributed by atoms with E-state index in [2.05, 4.69) is 10.3 Å². The summed E-state index contributed by atoms with van der Waals surface area (Å²) in [5.41, 5.74) is 3.16. The Morgan fingerprint density at radius 2 is 1.91 bits per heavy atom. The third kappa shape index (κ3) is 1.93. The molecule has 0 spiro atoms. The highest BCUT2D eigenvalue weighted by Gasteiger charge is 2.14. The number of aromatic nitrogens is 2. The topological polar surface area (TPSA) is 66.9 Å². The van der Waals surface area contributed by atoms with E-state index in [4.69, 9.17) is 0 Å². The largest absolute Gasteiger partial charge is 0.340 e. The lowest BCUT2D eigenvalue weighted by Crippen LogP contribution is -2.10. The molecule has 114 valence electrons. The van der Waals surface area contributed by atoms with Crippen molar-refractivity contribution in [2.24, 2.45) is 7.05 Å². The summed E-state index contributed by atoms with van der Waals surface area (Å²) in [5, 5.41) is 4.91. The van der Waals surface area contributed by atoms with Crippen molar-refractivity contribution in [3.63, 3.8) is 0 Å². The van der Waals surface area contributed by atoms with E-state index in [1.165, 1.54) is 6.92 Å². The molecule has 0 aliphatic heterocycles. The molecule has 2 heterocycles. The van der Waals surface area contributed by atoms with Crippen LogP contribution in [0.2, 0.25) is 0 Å². The Morgan fingerprint density at radius 3 is 2.70 bits per heavy atom. The highest BCUT2D eigenvalue weighted by atomic mass is 16.1. The van der Waals surface area contributed by atoms with Crippen LogP contribution in [0.3, 0.4) is 0 Å². The third-order valence-electron chi connectivity index (χ3n) is 4.17. The number of hydrogen-bond donors (Lipinski definition) is 2. The Kier molecular flexibility index (Phi) is 2.78. The first-order valence-corrected chi connectivity index (χ1v) is 7.37. The van der Waals surface area contributed by atoms with Crippen LogP contribution in [-0.2, 0) is 11.8 Å². The van der Waals surface area contributed by atoms with Gasteiger partial charge in [0.25, 0.3) is 0 Å². The number of anilines is 1. The molecule has 2 N–H and O–H groups in total. The van der Waals surface area contributed by atoms with Crippen LogP contribution in [0.1, 0.15) is 6.92 Å². The van der Waals surface area contributed by atoms with Gasteiger partial charge in [0, 0.05) is 35.9 Å². The first-order valence-electron chi connectivity index (χ1n) is 7.37. The summed E-state index contributed by atoms with van der Waals surface area (Å²) < 4.78 is 1.98. The molecular formula is C18H15N3O2. The number of H-pyrrole nitrogens is 1. The van der Waals surface area contributed by atoms with Gasteiger partial charge in [0.15, 0.2) is 5.43 Å². The van der Waals surface area contributed by atoms with E-state index in [-0.39, 0.29) is 11.3 Å². The van der Waals surface area contributed by atoms with Crippen molar-refractivity contribution >= 4 is 44.4 Å². The molecule has 0 unspecified atom stereocenters. The number of nitrogens with zero attached hydrogens (tertiary/aromatic N) is 1. The highest BCUT2D eigenvalue weighted by molar-refractivity contribution is 6.10. The maximum Gasteiger partial charge on any atom is 0.221 e. The summed E-state index contributed by atoms with van der Waals surface area (Å²) in [6.45, 7) is 1.45. The van der Waals surface area contributed by atoms with Crippen molar-refractivity contribution in [2.45, 2.75) is 6.92 Å². The normalized spacial score (nSPS) is 11.4. The first-order chi connectivity index (χ1) is 11.1. The smallest absolute Gasteiger partial charge is 0.221 e. The number of nitrogens with one attached hydrogen (secondary N) is 2. The molecule has 0 atom stereocenters. The van der Waals surface area contributed by atoms with Gasteiger partial charge in [-0.25, -0.2) is 0 Å². The maximum absolute atomic E-state index is 13.0. The zero-order valence-corrected chi connectivity index (χ0v) is 12.8. The zero-order chi connectivity index (χ0) is 16.1. The molecule has 1 amide bonds. The number of carbonyl (C=O) groups is 1. The van der Waals surface area contributed by atoms with Gasteiger partial charge in [0.2, 0.25) is 5.91 Å². The molecule has 0 saturated heterocycles. The van der Waals surface area contributed by atoms with Crippen molar-refractivity contribution in [2.75, 3.05) is 5.32 Å². The van der Waals surface area contributed by atoms with Gasteiger partial charge in [-0.3, -0.25) is 9.59 Å². The maximum atomic E-state index is 13.0. The van der Waals surface area contributed by atoms with E-state index in [1.807, 2.05) is 41.9 Å². The SMILES string of the molecule is CC(=O)Nc1ccc2c(c1)c(=O)c1c3ccccc3[nH]c1n2C. The standard InChI is InChI=1S/C18H15N3O2/c1-10(22)19-11-7-8-15-13(9-11)17(23)16-12-5-3-4-6-14(12)20-18(16)21(15)2/h3-9,20H,1-2H3,(H,19,22). The predicted molar refractivity (Wildman–Crippen MR) is 92.9 cm³/mol. The van der Waals surface area contributed by atoms with Crippen molar-refractivity contribution in [3.8, 4) is 0 Å². The molecule has 0 fully saturated rings. The molecule has 4 rings (SSSR count). The average molecular weight is 305 g/mol. The summed E-state index contributed by atoms with van der Waals surface area (Å²) in [6.07, 6.45) is 0. The monoisotopic (exact) mass is 305 g/mol. The Labute approximate surface area is 131 Å². The van der Waals surface area contributed by atoms with Crippen molar-refractivity contribution in [3.05, 3.63) is 52.7 Å². The fourth-order valence-corrected chi connectivity index (χ4v) is 3.16. The van der Waals surface area contributed by atoms with Crippen LogP contribution in [0.4, 0.5) is 5.69 Å². The molecule has 23 heavy (non-hydrogen) atoms. The van der Waals surface area contributed by atoms with Crippen molar-refractivity contribution in [1.29, 1.82) is 0 Å². The number of benzene rings is 2. The summed E-state index contributed by atoms with van der Waals surface area (Å²) in [7, 11) is 1.93. The molecule has 2 aromatic heterocycles. The molecular weight excluding hydrogens is 290 g/mol. The number of aryl methyl sites for hydroxylation is 1. The van der Waals surface area contributed by atoms with Crippen LogP contribution >= 0.6 is 0 Å². The van der Waals surface area contributed by atoms with Crippen LogP contribution in [0.5, 0.6) is 0 Å². The second-order valence-electron chi connectivity index (χ2n) is 5.70. The van der Waals surface area contributed by atoms with E-state index < -0.39 is 0 Å². The number of fused-ring (bicyclic) bond motifs is 4. The molecule has 5 nitrogen and oxygen atoms in total. The van der Waals surface area contributed by atoms with Gasteiger partial charge < -0.3 is 14.9 Å². The van der Waals surface area contributed by atoms with Gasteiger partial charge in [0.05, 0.1) is 10.9 Å². The number of aromatic amines is 1. The molecule has 2 aromatic carbocycles. The van der Waals surface area contributed by atoms with Crippen LogP contribution in [0.15, 0.2) is 47.3 Å². The first kappa shape index (κ1) is 13.6. The van der Waals surface area contributed by atoms with Gasteiger partial charge in [-0.05, 0) is 24.3 Å². The summed E-state index contributed by atoms with van der Waals surface area (Å²) >= 11 is 0. The Bertz CT molecular complexity index is 1150. The molecule has 5 heteroatoms. The van der Waals surface area contributed by atoms with Crippen molar-refractivity contribution < 1.29 is 4.79 Å². The van der Waals surface area contributed by atoms with E-state index in [0.717, 1.165) is 22.1 Å². The molecule has 0 aliphatic carbocycles. The predicted octanol–water partition coefficient (Wildman–Crippen LogP) is 3.13. The third-order valence-corrected chi connectivity index (χ3v) is 4.17. The lowest BCUT2D eigenvalue weighted by molar-refractivity contribution is -0.114. The Balaban J connectivity index is 2.18. The number of para-hydroxylation sites is 1.